The molecular weight excluding hydrogens is 364 g/mol. The smallest absolute Gasteiger partial charge is 0.0415 e. The van der Waals surface area contributed by atoms with Crippen LogP contribution in [0, 0.1) is 11.8 Å². The van der Waals surface area contributed by atoms with Crippen LogP contribution in [0.2, 0.25) is 5.02 Å². The number of benzene rings is 1. The second kappa shape index (κ2) is 9.98. The molecule has 0 aromatic heterocycles. The van der Waals surface area contributed by atoms with Gasteiger partial charge in [0.25, 0.3) is 0 Å². The zero-order valence-electron chi connectivity index (χ0n) is 18.1. The summed E-state index contributed by atoms with van der Waals surface area (Å²) in [6.45, 7) is 10.8. The second-order valence-corrected chi connectivity index (χ2v) is 8.80. The fourth-order valence-electron chi connectivity index (χ4n) is 4.76. The van der Waals surface area contributed by atoms with Crippen molar-refractivity contribution < 1.29 is 0 Å². The minimum Gasteiger partial charge on any atom is -0.358 e. The van der Waals surface area contributed by atoms with Gasteiger partial charge in [0.1, 0.15) is 0 Å². The van der Waals surface area contributed by atoms with E-state index in [1.54, 1.807) is 0 Å². The number of hydrogen-bond donors (Lipinski definition) is 1. The fraction of sp³-hybridized carbons (Fsp3) is 0.600. The molecule has 1 N–H and O–H groups in total. The van der Waals surface area contributed by atoms with Crippen LogP contribution in [0.5, 0.6) is 0 Å². The van der Waals surface area contributed by atoms with Gasteiger partial charge in [0, 0.05) is 35.5 Å². The van der Waals surface area contributed by atoms with Crippen molar-refractivity contribution in [3.05, 3.63) is 52.2 Å². The quantitative estimate of drug-likeness (QED) is 0.579. The van der Waals surface area contributed by atoms with Crippen LogP contribution < -0.4 is 5.32 Å². The molecule has 3 aliphatic rings. The van der Waals surface area contributed by atoms with E-state index in [9.17, 15) is 0 Å². The number of halogens is 1. The molecule has 3 heteroatoms. The van der Waals surface area contributed by atoms with Gasteiger partial charge in [0.05, 0.1) is 0 Å². The van der Waals surface area contributed by atoms with Crippen LogP contribution >= 0.6 is 11.6 Å². The molecule has 1 aromatic carbocycles. The Bertz CT molecular complexity index is 721. The van der Waals surface area contributed by atoms with Crippen LogP contribution in [0.3, 0.4) is 0 Å². The number of hydrogen-bond acceptors (Lipinski definition) is 2. The third-order valence-corrected chi connectivity index (χ3v) is 6.75. The Morgan fingerprint density at radius 1 is 1.21 bits per heavy atom. The number of allylic oxidation sites excluding steroid dienone is 1. The van der Waals surface area contributed by atoms with Crippen molar-refractivity contribution in [2.24, 2.45) is 11.8 Å². The first-order chi connectivity index (χ1) is 13.6. The third kappa shape index (κ3) is 5.21. The molecule has 2 fully saturated rings. The minimum atomic E-state index is 0.795. The van der Waals surface area contributed by atoms with Crippen molar-refractivity contribution in [3.63, 3.8) is 0 Å². The molecule has 1 heterocycles. The van der Waals surface area contributed by atoms with Crippen molar-refractivity contribution in [2.75, 3.05) is 13.1 Å². The molecule has 28 heavy (non-hydrogen) atoms. The first kappa shape index (κ1) is 21.5. The largest absolute Gasteiger partial charge is 0.358 e. The van der Waals surface area contributed by atoms with Gasteiger partial charge in [0.2, 0.25) is 0 Å². The lowest BCUT2D eigenvalue weighted by molar-refractivity contribution is 0.156. The van der Waals surface area contributed by atoms with Crippen LogP contribution in [0.4, 0.5) is 0 Å². The summed E-state index contributed by atoms with van der Waals surface area (Å²) in [6, 6.07) is 8.97. The topological polar surface area (TPSA) is 15.3 Å². The molecule has 0 amide bonds. The van der Waals surface area contributed by atoms with Crippen LogP contribution in [-0.2, 0) is 0 Å². The Hall–Kier alpha value is -1.25. The third-order valence-electron chi connectivity index (χ3n) is 6.51. The SMILES string of the molecule is CC.CC/C=C(/NC1=C(C)CCN(C2CCC3CC3C2)C1)c1cccc(Cl)c1. The molecule has 3 unspecified atom stereocenters. The highest BCUT2D eigenvalue weighted by Gasteiger charge is 2.43. The van der Waals surface area contributed by atoms with Crippen LogP contribution in [0.15, 0.2) is 41.6 Å². The molecule has 2 saturated carbocycles. The number of nitrogens with one attached hydrogen (secondary N) is 1. The number of fused-ring (bicyclic) bond motifs is 1. The van der Waals surface area contributed by atoms with Crippen molar-refractivity contribution >= 4 is 17.3 Å². The zero-order valence-corrected chi connectivity index (χ0v) is 18.9. The van der Waals surface area contributed by atoms with Crippen LogP contribution in [-0.4, -0.2) is 24.0 Å². The van der Waals surface area contributed by atoms with Gasteiger partial charge >= 0.3 is 0 Å². The van der Waals surface area contributed by atoms with Gasteiger partial charge in [-0.3, -0.25) is 4.90 Å². The normalized spacial score (nSPS) is 27.6. The first-order valence-electron chi connectivity index (χ1n) is 11.3. The van der Waals surface area contributed by atoms with E-state index >= 15 is 0 Å². The molecule has 154 valence electrons. The molecule has 1 aliphatic heterocycles. The fourth-order valence-corrected chi connectivity index (χ4v) is 4.95. The van der Waals surface area contributed by atoms with E-state index in [2.05, 4.69) is 42.3 Å². The van der Waals surface area contributed by atoms with Gasteiger partial charge in [-0.1, -0.05) is 56.2 Å². The Kier molecular flexibility index (Phi) is 7.65. The van der Waals surface area contributed by atoms with E-state index in [-0.39, 0.29) is 0 Å². The first-order valence-corrected chi connectivity index (χ1v) is 11.7. The van der Waals surface area contributed by atoms with E-state index in [4.69, 9.17) is 11.6 Å². The summed E-state index contributed by atoms with van der Waals surface area (Å²) < 4.78 is 0. The monoisotopic (exact) mass is 400 g/mol. The molecule has 2 nitrogen and oxygen atoms in total. The molecule has 2 aliphatic carbocycles. The van der Waals surface area contributed by atoms with Crippen molar-refractivity contribution in [2.45, 2.75) is 72.3 Å². The Labute approximate surface area is 177 Å². The Morgan fingerprint density at radius 3 is 2.75 bits per heavy atom. The van der Waals surface area contributed by atoms with Crippen molar-refractivity contribution in [3.8, 4) is 0 Å². The van der Waals surface area contributed by atoms with Crippen LogP contribution in [0.25, 0.3) is 5.70 Å². The van der Waals surface area contributed by atoms with E-state index in [0.29, 0.717) is 0 Å². The lowest BCUT2D eigenvalue weighted by atomic mass is 9.92. The average molecular weight is 401 g/mol. The minimum absolute atomic E-state index is 0.795. The summed E-state index contributed by atoms with van der Waals surface area (Å²) in [7, 11) is 0. The van der Waals surface area contributed by atoms with Crippen molar-refractivity contribution in [1.82, 2.24) is 10.2 Å². The molecule has 4 rings (SSSR count). The highest BCUT2D eigenvalue weighted by atomic mass is 35.5. The van der Waals surface area contributed by atoms with E-state index in [1.807, 2.05) is 26.0 Å². The standard InChI is InChI=1S/C23H31ClN2.C2H6/c1-3-5-22(18-6-4-7-20(24)13-18)25-23-15-26(11-10-16(23)2)21-9-8-17-12-19(17)14-21;1-2/h4-7,13,17,19,21,25H,3,8-12,14-15H2,1-2H3;1-2H3/b22-5+;. The maximum atomic E-state index is 6.23. The van der Waals surface area contributed by atoms with E-state index < -0.39 is 0 Å². The number of rotatable bonds is 5. The lowest BCUT2D eigenvalue weighted by Crippen LogP contribution is -2.43. The molecule has 0 saturated heterocycles. The van der Waals surface area contributed by atoms with Crippen molar-refractivity contribution in [1.29, 1.82) is 0 Å². The van der Waals surface area contributed by atoms with Gasteiger partial charge in [-0.25, -0.2) is 0 Å². The molecular formula is C25H37ClN2. The Balaban J connectivity index is 0.00000109. The average Bonchev–Trinajstić information content (AvgIpc) is 3.49. The summed E-state index contributed by atoms with van der Waals surface area (Å²) in [5, 5.41) is 4.58. The van der Waals surface area contributed by atoms with Crippen LogP contribution in [0.1, 0.15) is 71.8 Å². The lowest BCUT2D eigenvalue weighted by Gasteiger charge is -2.38. The maximum Gasteiger partial charge on any atom is 0.0415 e. The second-order valence-electron chi connectivity index (χ2n) is 8.36. The highest BCUT2D eigenvalue weighted by molar-refractivity contribution is 6.30. The summed E-state index contributed by atoms with van der Waals surface area (Å²) in [5.41, 5.74) is 5.27. The molecule has 1 aromatic rings. The van der Waals surface area contributed by atoms with Gasteiger partial charge in [-0.2, -0.15) is 0 Å². The highest BCUT2D eigenvalue weighted by Crippen LogP contribution is 2.50. The Morgan fingerprint density at radius 2 is 2.04 bits per heavy atom. The summed E-state index contributed by atoms with van der Waals surface area (Å²) in [6.07, 6.45) is 10.3. The predicted octanol–water partition coefficient (Wildman–Crippen LogP) is 6.88. The predicted molar refractivity (Wildman–Crippen MR) is 122 cm³/mol. The van der Waals surface area contributed by atoms with Gasteiger partial charge in [-0.15, -0.1) is 0 Å². The summed E-state index contributed by atoms with van der Waals surface area (Å²) in [4.78, 5) is 2.74. The van der Waals surface area contributed by atoms with E-state index in [0.717, 1.165) is 35.9 Å². The zero-order chi connectivity index (χ0) is 20.1. The van der Waals surface area contributed by atoms with Gasteiger partial charge < -0.3 is 5.32 Å². The number of nitrogens with zero attached hydrogens (tertiary/aromatic N) is 1. The van der Waals surface area contributed by atoms with Gasteiger partial charge in [-0.05, 0) is 75.0 Å². The molecule has 0 radical (unpaired) electrons. The van der Waals surface area contributed by atoms with E-state index in [1.165, 1.54) is 61.2 Å². The molecule has 0 bridgehead atoms. The molecule has 0 spiro atoms. The summed E-state index contributed by atoms with van der Waals surface area (Å²) in [5.74, 6) is 2.12. The summed E-state index contributed by atoms with van der Waals surface area (Å²) >= 11 is 6.23. The molecule has 3 atom stereocenters. The maximum absolute atomic E-state index is 6.23. The van der Waals surface area contributed by atoms with Gasteiger partial charge in [0.15, 0.2) is 0 Å².